The molecule has 0 amide bonds. The molecule has 4 heteroatoms. The number of fused-ring (bicyclic) bond motifs is 1. The first kappa shape index (κ1) is 8.91. The Morgan fingerprint density at radius 3 is 2.81 bits per heavy atom. The highest BCUT2D eigenvalue weighted by Crippen LogP contribution is 2.16. The zero-order valence-corrected chi connectivity index (χ0v) is 8.42. The van der Waals surface area contributed by atoms with Crippen LogP contribution in [0.1, 0.15) is 0 Å². The average molecular weight is 211 g/mol. The molecular weight excluding hydrogens is 202 g/mol. The van der Waals surface area contributed by atoms with Crippen molar-refractivity contribution < 1.29 is 0 Å². The smallest absolute Gasteiger partial charge is 0.274 e. The summed E-state index contributed by atoms with van der Waals surface area (Å²) in [6, 6.07) is 9.84. The molecule has 16 heavy (non-hydrogen) atoms. The number of benzene rings is 1. The first-order valence-electron chi connectivity index (χ1n) is 4.96. The second-order valence-corrected chi connectivity index (χ2v) is 3.52. The number of hydrogen-bond donors (Lipinski definition) is 1. The van der Waals surface area contributed by atoms with Crippen molar-refractivity contribution in [1.82, 2.24) is 14.5 Å². The van der Waals surface area contributed by atoms with Crippen LogP contribution in [0.25, 0.3) is 17.1 Å². The molecule has 1 aromatic carbocycles. The van der Waals surface area contributed by atoms with Crippen molar-refractivity contribution in [2.75, 3.05) is 0 Å². The van der Waals surface area contributed by atoms with E-state index in [1.54, 1.807) is 12.4 Å². The highest BCUT2D eigenvalue weighted by Gasteiger charge is 2.07. The fraction of sp³-hybridized carbons (Fsp3) is 0. The molecule has 0 saturated carbocycles. The molecule has 3 rings (SSSR count). The van der Waals surface area contributed by atoms with E-state index in [2.05, 4.69) is 9.97 Å². The number of hydrogen-bond acceptors (Lipinski definition) is 2. The number of H-pyrrole nitrogens is 1. The molecule has 1 aromatic rings. The van der Waals surface area contributed by atoms with Gasteiger partial charge in [-0.05, 0) is 5.56 Å². The molecule has 0 aromatic heterocycles. The van der Waals surface area contributed by atoms with Gasteiger partial charge in [-0.1, -0.05) is 30.3 Å². The third-order valence-electron chi connectivity index (χ3n) is 2.49. The van der Waals surface area contributed by atoms with E-state index in [0.717, 1.165) is 11.3 Å². The van der Waals surface area contributed by atoms with Crippen LogP contribution in [0.3, 0.4) is 0 Å². The van der Waals surface area contributed by atoms with Gasteiger partial charge in [0, 0.05) is 12.4 Å². The minimum absolute atomic E-state index is 0.110. The van der Waals surface area contributed by atoms with Crippen molar-refractivity contribution in [2.24, 2.45) is 0 Å². The summed E-state index contributed by atoms with van der Waals surface area (Å²) < 4.78 is 1.53. The summed E-state index contributed by atoms with van der Waals surface area (Å²) in [5.74, 6) is 0.629. The van der Waals surface area contributed by atoms with Gasteiger partial charge in [-0.15, -0.1) is 0 Å². The Hall–Kier alpha value is -2.36. The minimum Gasteiger partial charge on any atom is -0.357 e. The highest BCUT2D eigenvalue weighted by molar-refractivity contribution is 5.58. The van der Waals surface area contributed by atoms with Crippen molar-refractivity contribution in [2.45, 2.75) is 0 Å². The summed E-state index contributed by atoms with van der Waals surface area (Å²) >= 11 is 0. The maximum atomic E-state index is 11.4. The van der Waals surface area contributed by atoms with Crippen LogP contribution in [0.15, 0.2) is 53.7 Å². The number of nitrogens with one attached hydrogen (secondary N) is 1. The lowest BCUT2D eigenvalue weighted by molar-refractivity contribution is 0.973. The molecule has 0 radical (unpaired) electrons. The van der Waals surface area contributed by atoms with E-state index in [-0.39, 0.29) is 5.56 Å². The molecule has 2 aliphatic heterocycles. The zero-order chi connectivity index (χ0) is 11.0. The third-order valence-corrected chi connectivity index (χ3v) is 2.49. The van der Waals surface area contributed by atoms with Crippen molar-refractivity contribution >= 4 is 0 Å². The first-order chi connectivity index (χ1) is 7.84. The molecule has 78 valence electrons. The molecule has 1 N–H and O–H groups in total. The number of nitrogens with zero attached hydrogens (tertiary/aromatic N) is 2. The van der Waals surface area contributed by atoms with Gasteiger partial charge in [0.05, 0.1) is 11.9 Å². The SMILES string of the molecule is O=c1cnc2c[nH]c(-c3ccccc3)cn1-2. The van der Waals surface area contributed by atoms with Crippen molar-refractivity contribution in [3.8, 4) is 17.1 Å². The van der Waals surface area contributed by atoms with Gasteiger partial charge in [0.1, 0.15) is 0 Å². The maximum absolute atomic E-state index is 11.4. The van der Waals surface area contributed by atoms with Gasteiger partial charge in [0.2, 0.25) is 0 Å². The Bertz CT molecular complexity index is 639. The molecule has 0 unspecified atom stereocenters. The lowest BCUT2D eigenvalue weighted by atomic mass is 10.2. The number of imidazole rings is 1. The van der Waals surface area contributed by atoms with Gasteiger partial charge in [-0.25, -0.2) is 4.98 Å². The van der Waals surface area contributed by atoms with Crippen LogP contribution in [0.4, 0.5) is 0 Å². The maximum Gasteiger partial charge on any atom is 0.274 e. The summed E-state index contributed by atoms with van der Waals surface area (Å²) in [6.07, 6.45) is 4.81. The van der Waals surface area contributed by atoms with Gasteiger partial charge in [-0.3, -0.25) is 9.36 Å². The Labute approximate surface area is 91.5 Å². The van der Waals surface area contributed by atoms with E-state index in [1.807, 2.05) is 30.3 Å². The van der Waals surface area contributed by atoms with Crippen molar-refractivity contribution in [1.29, 1.82) is 0 Å². The van der Waals surface area contributed by atoms with E-state index in [1.165, 1.54) is 10.8 Å². The number of rotatable bonds is 1. The second kappa shape index (κ2) is 3.34. The second-order valence-electron chi connectivity index (χ2n) is 3.52. The molecular formula is C12H9N3O. The van der Waals surface area contributed by atoms with Crippen LogP contribution in [-0.4, -0.2) is 14.5 Å². The highest BCUT2D eigenvalue weighted by atomic mass is 16.1. The standard InChI is InChI=1S/C12H9N3O/c16-12-7-14-11-6-13-10(8-15(11)12)9-4-2-1-3-5-9/h1-8,13H. The Morgan fingerprint density at radius 1 is 1.19 bits per heavy atom. The van der Waals surface area contributed by atoms with Gasteiger partial charge < -0.3 is 4.98 Å². The van der Waals surface area contributed by atoms with Crippen molar-refractivity contribution in [3.63, 3.8) is 0 Å². The monoisotopic (exact) mass is 211 g/mol. The van der Waals surface area contributed by atoms with E-state index in [4.69, 9.17) is 0 Å². The molecule has 0 saturated heterocycles. The van der Waals surface area contributed by atoms with Crippen molar-refractivity contribution in [3.05, 3.63) is 59.3 Å². The quantitative estimate of drug-likeness (QED) is 0.665. The van der Waals surface area contributed by atoms with Crippen LogP contribution in [0.5, 0.6) is 0 Å². The van der Waals surface area contributed by atoms with Crippen LogP contribution >= 0.6 is 0 Å². The minimum atomic E-state index is -0.110. The molecule has 2 heterocycles. The van der Waals surface area contributed by atoms with Gasteiger partial charge in [0.25, 0.3) is 5.56 Å². The number of aromatic nitrogens is 3. The molecule has 2 aliphatic rings. The van der Waals surface area contributed by atoms with E-state index >= 15 is 0 Å². The first-order valence-corrected chi connectivity index (χ1v) is 4.96. The summed E-state index contributed by atoms with van der Waals surface area (Å²) in [5, 5.41) is 0. The van der Waals surface area contributed by atoms with Crippen LogP contribution in [-0.2, 0) is 0 Å². The van der Waals surface area contributed by atoms with E-state index in [0.29, 0.717) is 5.82 Å². The van der Waals surface area contributed by atoms with E-state index in [9.17, 15) is 4.79 Å². The Kier molecular flexibility index (Phi) is 1.86. The van der Waals surface area contributed by atoms with Crippen LogP contribution < -0.4 is 5.56 Å². The summed E-state index contributed by atoms with van der Waals surface area (Å²) in [5.41, 5.74) is 1.82. The fourth-order valence-corrected chi connectivity index (χ4v) is 1.68. The Morgan fingerprint density at radius 2 is 2.00 bits per heavy atom. The molecule has 4 nitrogen and oxygen atoms in total. The van der Waals surface area contributed by atoms with Crippen LogP contribution in [0, 0.1) is 0 Å². The fourth-order valence-electron chi connectivity index (χ4n) is 1.68. The van der Waals surface area contributed by atoms with Gasteiger partial charge >= 0.3 is 0 Å². The number of aromatic amines is 1. The lowest BCUT2D eigenvalue weighted by Gasteiger charge is -2.05. The zero-order valence-electron chi connectivity index (χ0n) is 8.42. The van der Waals surface area contributed by atoms with Gasteiger partial charge in [0.15, 0.2) is 5.82 Å². The molecule has 0 bridgehead atoms. The molecule has 0 spiro atoms. The summed E-state index contributed by atoms with van der Waals surface area (Å²) in [7, 11) is 0. The van der Waals surface area contributed by atoms with Gasteiger partial charge in [-0.2, -0.15) is 0 Å². The third kappa shape index (κ3) is 1.32. The van der Waals surface area contributed by atoms with E-state index < -0.39 is 0 Å². The lowest BCUT2D eigenvalue weighted by Crippen LogP contribution is -2.11. The summed E-state index contributed by atoms with van der Waals surface area (Å²) in [6.45, 7) is 0. The van der Waals surface area contributed by atoms with Crippen LogP contribution in [0.2, 0.25) is 0 Å². The average Bonchev–Trinajstić information content (AvgIpc) is 2.72. The largest absolute Gasteiger partial charge is 0.357 e. The molecule has 0 fully saturated rings. The Balaban J connectivity index is 2.23. The normalized spacial score (nSPS) is 10.8. The molecule has 0 atom stereocenters. The predicted octanol–water partition coefficient (Wildman–Crippen LogP) is 1.67. The topological polar surface area (TPSA) is 50.7 Å². The molecule has 0 aliphatic carbocycles. The predicted molar refractivity (Wildman–Crippen MR) is 60.8 cm³/mol. The summed E-state index contributed by atoms with van der Waals surface area (Å²) in [4.78, 5) is 18.5.